The van der Waals surface area contributed by atoms with Crippen molar-refractivity contribution < 1.29 is 9.18 Å². The lowest BCUT2D eigenvalue weighted by atomic mass is 10.2. The van der Waals surface area contributed by atoms with Crippen molar-refractivity contribution in [1.82, 2.24) is 0 Å². The van der Waals surface area contributed by atoms with Crippen molar-refractivity contribution in [3.63, 3.8) is 0 Å². The number of halogens is 2. The maximum Gasteiger partial charge on any atom is 0.228 e. The van der Waals surface area contributed by atoms with Crippen LogP contribution < -0.4 is 16.4 Å². The van der Waals surface area contributed by atoms with E-state index in [1.807, 2.05) is 0 Å². The Labute approximate surface area is 101 Å². The number of benzene rings is 1. The minimum atomic E-state index is -0.519. The molecule has 4 nitrogen and oxygen atoms in total. The highest BCUT2D eigenvalue weighted by Gasteiger charge is 2.31. The molecule has 0 spiro atoms. The van der Waals surface area contributed by atoms with Crippen molar-refractivity contribution in [3.8, 4) is 0 Å². The zero-order valence-electron chi connectivity index (χ0n) is 8.41. The van der Waals surface area contributed by atoms with Crippen LogP contribution in [0.2, 0.25) is 0 Å². The van der Waals surface area contributed by atoms with Gasteiger partial charge in [-0.15, -0.1) is 0 Å². The number of rotatable bonds is 1. The minimum absolute atomic E-state index is 0.126. The van der Waals surface area contributed by atoms with Crippen LogP contribution in [0.5, 0.6) is 0 Å². The third kappa shape index (κ3) is 1.90. The van der Waals surface area contributed by atoms with Crippen molar-refractivity contribution in [2.24, 2.45) is 5.73 Å². The molecule has 16 heavy (non-hydrogen) atoms. The summed E-state index contributed by atoms with van der Waals surface area (Å²) >= 11 is 3.13. The molecular weight excluding hydrogens is 277 g/mol. The van der Waals surface area contributed by atoms with E-state index in [1.165, 1.54) is 11.0 Å². The number of hydrogen-bond acceptors (Lipinski definition) is 3. The third-order valence-corrected chi connectivity index (χ3v) is 2.94. The smallest absolute Gasteiger partial charge is 0.228 e. The van der Waals surface area contributed by atoms with Gasteiger partial charge in [-0.1, -0.05) is 15.9 Å². The summed E-state index contributed by atoms with van der Waals surface area (Å²) in [5.41, 5.74) is 11.7. The monoisotopic (exact) mass is 287 g/mol. The van der Waals surface area contributed by atoms with Crippen LogP contribution >= 0.6 is 15.9 Å². The van der Waals surface area contributed by atoms with E-state index in [4.69, 9.17) is 11.5 Å². The van der Waals surface area contributed by atoms with Crippen LogP contribution in [0.15, 0.2) is 16.6 Å². The van der Waals surface area contributed by atoms with E-state index < -0.39 is 5.82 Å². The molecule has 0 aromatic heterocycles. The molecule has 1 fully saturated rings. The molecule has 0 radical (unpaired) electrons. The highest BCUT2D eigenvalue weighted by Crippen LogP contribution is 2.32. The molecule has 1 aliphatic heterocycles. The Morgan fingerprint density at radius 1 is 1.50 bits per heavy atom. The molecule has 4 N–H and O–H groups in total. The molecule has 0 aliphatic carbocycles. The predicted molar refractivity (Wildman–Crippen MR) is 63.5 cm³/mol. The molecular formula is C10H11BrFN3O. The molecule has 0 bridgehead atoms. The van der Waals surface area contributed by atoms with Gasteiger partial charge in [0.1, 0.15) is 11.5 Å². The van der Waals surface area contributed by atoms with Gasteiger partial charge in [0, 0.05) is 23.5 Å². The van der Waals surface area contributed by atoms with Crippen molar-refractivity contribution in [1.29, 1.82) is 0 Å². The standard InChI is InChI=1S/C10H11BrFN3O/c11-5-1-7(12)10(8(14)2-5)15-4-6(13)3-9(15)16/h1-2,6H,3-4,13-14H2. The second kappa shape index (κ2) is 4.03. The number of hydrogen-bond donors (Lipinski definition) is 2. The van der Waals surface area contributed by atoms with Crippen LogP contribution in [-0.4, -0.2) is 18.5 Å². The van der Waals surface area contributed by atoms with E-state index in [0.717, 1.165) is 0 Å². The summed E-state index contributed by atoms with van der Waals surface area (Å²) < 4.78 is 14.3. The van der Waals surface area contributed by atoms with Gasteiger partial charge in [0.2, 0.25) is 5.91 Å². The highest BCUT2D eigenvalue weighted by atomic mass is 79.9. The lowest BCUT2D eigenvalue weighted by Crippen LogP contribution is -2.29. The van der Waals surface area contributed by atoms with Gasteiger partial charge in [-0.3, -0.25) is 4.79 Å². The second-order valence-corrected chi connectivity index (χ2v) is 4.71. The first-order chi connectivity index (χ1) is 7.49. The fourth-order valence-corrected chi connectivity index (χ4v) is 2.27. The van der Waals surface area contributed by atoms with Crippen molar-refractivity contribution in [3.05, 3.63) is 22.4 Å². The Kier molecular flexibility index (Phi) is 2.86. The lowest BCUT2D eigenvalue weighted by molar-refractivity contribution is -0.117. The Balaban J connectivity index is 2.44. The molecule has 6 heteroatoms. The quantitative estimate of drug-likeness (QED) is 0.763. The average molecular weight is 288 g/mol. The second-order valence-electron chi connectivity index (χ2n) is 3.79. The molecule has 1 amide bonds. The number of carbonyl (C=O) groups is 1. The first-order valence-electron chi connectivity index (χ1n) is 4.79. The van der Waals surface area contributed by atoms with Gasteiger partial charge in [-0.25, -0.2) is 4.39 Å². The van der Waals surface area contributed by atoms with Crippen LogP contribution in [0.4, 0.5) is 15.8 Å². The fraction of sp³-hybridized carbons (Fsp3) is 0.300. The summed E-state index contributed by atoms with van der Waals surface area (Å²) in [5.74, 6) is -0.713. The Bertz CT molecular complexity index is 429. The normalized spacial score (nSPS) is 20.6. The van der Waals surface area contributed by atoms with Gasteiger partial charge in [-0.05, 0) is 12.1 Å². The predicted octanol–water partition coefficient (Wildman–Crippen LogP) is 1.23. The van der Waals surface area contributed by atoms with E-state index in [0.29, 0.717) is 11.0 Å². The molecule has 1 atom stereocenters. The van der Waals surface area contributed by atoms with Gasteiger partial charge in [-0.2, -0.15) is 0 Å². The summed E-state index contributed by atoms with van der Waals surface area (Å²) in [7, 11) is 0. The average Bonchev–Trinajstić information content (AvgIpc) is 2.43. The van der Waals surface area contributed by atoms with Crippen LogP contribution in [0.25, 0.3) is 0 Å². The summed E-state index contributed by atoms with van der Waals surface area (Å²) in [6.07, 6.45) is 0.231. The number of carbonyl (C=O) groups excluding carboxylic acids is 1. The van der Waals surface area contributed by atoms with Crippen LogP contribution in [0, 0.1) is 5.82 Å². The number of anilines is 2. The van der Waals surface area contributed by atoms with Crippen LogP contribution in [0.3, 0.4) is 0 Å². The largest absolute Gasteiger partial charge is 0.397 e. The van der Waals surface area contributed by atoms with Gasteiger partial charge in [0.15, 0.2) is 0 Å². The third-order valence-electron chi connectivity index (χ3n) is 2.48. The van der Waals surface area contributed by atoms with Gasteiger partial charge in [0.05, 0.1) is 5.69 Å². The number of nitrogens with zero attached hydrogens (tertiary/aromatic N) is 1. The number of nitrogens with two attached hydrogens (primary N) is 2. The molecule has 1 aliphatic rings. The summed E-state index contributed by atoms with van der Waals surface area (Å²) in [6, 6.07) is 2.59. The Morgan fingerprint density at radius 3 is 2.69 bits per heavy atom. The molecule has 1 unspecified atom stereocenters. The first kappa shape index (κ1) is 11.3. The van der Waals surface area contributed by atoms with Gasteiger partial charge >= 0.3 is 0 Å². The molecule has 1 aromatic carbocycles. The summed E-state index contributed by atoms with van der Waals surface area (Å²) in [5, 5.41) is 0. The van der Waals surface area contributed by atoms with Crippen molar-refractivity contribution in [2.45, 2.75) is 12.5 Å². The molecule has 1 heterocycles. The van der Waals surface area contributed by atoms with Crippen LogP contribution in [0.1, 0.15) is 6.42 Å². The summed E-state index contributed by atoms with van der Waals surface area (Å²) in [6.45, 7) is 0.307. The number of amides is 1. The molecule has 0 saturated carbocycles. The Hall–Kier alpha value is -1.14. The molecule has 2 rings (SSSR count). The molecule has 1 saturated heterocycles. The molecule has 86 valence electrons. The van der Waals surface area contributed by atoms with E-state index in [2.05, 4.69) is 15.9 Å². The molecule has 1 aromatic rings. The van der Waals surface area contributed by atoms with E-state index in [9.17, 15) is 9.18 Å². The van der Waals surface area contributed by atoms with E-state index >= 15 is 0 Å². The fourth-order valence-electron chi connectivity index (χ4n) is 1.82. The zero-order chi connectivity index (χ0) is 11.9. The maximum atomic E-state index is 13.7. The van der Waals surface area contributed by atoms with E-state index in [1.54, 1.807) is 6.07 Å². The maximum absolute atomic E-state index is 13.7. The first-order valence-corrected chi connectivity index (χ1v) is 5.59. The highest BCUT2D eigenvalue weighted by molar-refractivity contribution is 9.10. The van der Waals surface area contributed by atoms with Crippen molar-refractivity contribution >= 4 is 33.2 Å². The minimum Gasteiger partial charge on any atom is -0.397 e. The van der Waals surface area contributed by atoms with Gasteiger partial charge in [0.25, 0.3) is 0 Å². The van der Waals surface area contributed by atoms with E-state index in [-0.39, 0.29) is 29.7 Å². The SMILES string of the molecule is Nc1cc(Br)cc(F)c1N1CC(N)CC1=O. The summed E-state index contributed by atoms with van der Waals surface area (Å²) in [4.78, 5) is 12.9. The Morgan fingerprint density at radius 2 is 2.19 bits per heavy atom. The van der Waals surface area contributed by atoms with Crippen molar-refractivity contribution in [2.75, 3.05) is 17.2 Å². The number of nitrogen functional groups attached to an aromatic ring is 1. The van der Waals surface area contributed by atoms with Gasteiger partial charge < -0.3 is 16.4 Å². The zero-order valence-corrected chi connectivity index (χ0v) is 10.00. The van der Waals surface area contributed by atoms with Crippen LogP contribution in [-0.2, 0) is 4.79 Å². The lowest BCUT2D eigenvalue weighted by Gasteiger charge is -2.19. The topological polar surface area (TPSA) is 72.3 Å².